The molecule has 0 saturated carbocycles. The number of para-hydroxylation sites is 2. The predicted octanol–water partition coefficient (Wildman–Crippen LogP) is 15.1. The Morgan fingerprint density at radius 1 is 0.394 bits per heavy atom. The molecule has 13 aliphatic carbocycles. The lowest BCUT2D eigenvalue weighted by atomic mass is 9.52. The average Bonchev–Trinajstić information content (AvgIpc) is 1.43. The molecule has 137 heavy (non-hydrogen) atoms. The topological polar surface area (TPSA) is 69.6 Å². The number of nitrogens with zero attached hydrogens (tertiary/aromatic N) is 1. The van der Waals surface area contributed by atoms with Gasteiger partial charge in [-0.1, -0.05) is 96.8 Å². The summed E-state index contributed by atoms with van der Waals surface area (Å²) in [6, 6.07) is 32.3. The second-order valence-corrected chi connectivity index (χ2v) is 30.8. The summed E-state index contributed by atoms with van der Waals surface area (Å²) in [4.78, 5) is 22.5. The molecule has 21 rings (SSSR count). The van der Waals surface area contributed by atoms with Gasteiger partial charge >= 0.3 is 5.97 Å². The van der Waals surface area contributed by atoms with Gasteiger partial charge < -0.3 is 15.3 Å². The van der Waals surface area contributed by atoms with Gasteiger partial charge in [0, 0.05) is 301 Å². The first-order valence-electron chi connectivity index (χ1n) is 42.1. The number of carboxylic acids is 1. The molecule has 7 aromatic carbocycles. The number of carbonyl (C=O) groups excluding carboxylic acids is 1. The van der Waals surface area contributed by atoms with Crippen LogP contribution in [0.25, 0.3) is 32.7 Å². The van der Waals surface area contributed by atoms with E-state index >= 15 is 8.78 Å². The lowest BCUT2D eigenvalue weighted by Gasteiger charge is -2.49. The van der Waals surface area contributed by atoms with Crippen molar-refractivity contribution in [3.8, 4) is 343 Å². The highest BCUT2D eigenvalue weighted by Crippen LogP contribution is 2.84. The van der Waals surface area contributed by atoms with E-state index in [0.29, 0.717) is 30.2 Å². The summed E-state index contributed by atoms with van der Waals surface area (Å²) in [7, 11) is 0. The first-order chi connectivity index (χ1) is 67.6. The number of allylic oxidation sites excluding steroid dienone is 15. The van der Waals surface area contributed by atoms with E-state index in [4.69, 9.17) is 5.11 Å². The molecule has 7 aromatic rings. The maximum atomic E-state index is 16.8. The first kappa shape index (κ1) is 86.4. The molecule has 614 valence electrons. The molecule has 1 aliphatic heterocycles. The van der Waals surface area contributed by atoms with Crippen LogP contribution < -0.4 is 10.2 Å². The number of aldehydes is 1. The van der Waals surface area contributed by atoms with E-state index < -0.39 is 46.3 Å². The molecule has 14 aliphatic rings. The van der Waals surface area contributed by atoms with Gasteiger partial charge in [0.1, 0.15) is 29.8 Å². The van der Waals surface area contributed by atoms with Crippen LogP contribution in [0.4, 0.5) is 28.9 Å². The smallest absolute Gasteiger partial charge is 0.322 e. The summed E-state index contributed by atoms with van der Waals surface area (Å²) in [5, 5.41) is 17.3. The van der Waals surface area contributed by atoms with Crippen molar-refractivity contribution in [2.45, 2.75) is 50.5 Å². The zero-order valence-corrected chi connectivity index (χ0v) is 71.9. The number of rotatable bonds is 6. The van der Waals surface area contributed by atoms with Gasteiger partial charge in [-0.05, 0) is 303 Å². The van der Waals surface area contributed by atoms with Crippen molar-refractivity contribution in [2.75, 3.05) is 23.3 Å². The molecule has 9 heteroatoms. The third kappa shape index (κ3) is 16.4. The van der Waals surface area contributed by atoms with Crippen molar-refractivity contribution in [3.63, 3.8) is 0 Å². The van der Waals surface area contributed by atoms with Gasteiger partial charge in [-0.25, -0.2) is 17.6 Å². The van der Waals surface area contributed by atoms with Crippen molar-refractivity contribution in [1.29, 1.82) is 0 Å². The molecule has 8 atom stereocenters. The van der Waals surface area contributed by atoms with Crippen molar-refractivity contribution in [3.05, 3.63) is 268 Å². The number of fused-ring (bicyclic) bond motifs is 1. The molecular formula is C128H46F4N2O3. The minimum Gasteiger partial charge on any atom is -0.480 e. The summed E-state index contributed by atoms with van der Waals surface area (Å²) in [6.07, 6.45) is 12.5. The molecule has 1 fully saturated rings. The van der Waals surface area contributed by atoms with E-state index in [9.17, 15) is 18.4 Å². The lowest BCUT2D eigenvalue weighted by molar-refractivity contribution is -0.134. The number of halogens is 4. The highest BCUT2D eigenvalue weighted by atomic mass is 19.1. The van der Waals surface area contributed by atoms with Crippen LogP contribution >= 0.6 is 0 Å². The van der Waals surface area contributed by atoms with Gasteiger partial charge in [-0.2, -0.15) is 0 Å². The Morgan fingerprint density at radius 2 is 0.825 bits per heavy atom. The Bertz CT molecular complexity index is 9090. The monoisotopic (exact) mass is 1730 g/mol. The first-order valence-corrected chi connectivity index (χ1v) is 42.1. The average molecular weight is 1740 g/mol. The number of benzene rings is 7. The largest absolute Gasteiger partial charge is 0.480 e. The highest BCUT2D eigenvalue weighted by Gasteiger charge is 2.72. The van der Waals surface area contributed by atoms with Crippen LogP contribution in [0.2, 0.25) is 0 Å². The minimum absolute atomic E-state index is 0.0322. The lowest BCUT2D eigenvalue weighted by Crippen LogP contribution is -2.42. The fraction of sp³-hybridized carbons (Fsp3) is 0.109. The van der Waals surface area contributed by atoms with Gasteiger partial charge in [0.15, 0.2) is 6.29 Å². The summed E-state index contributed by atoms with van der Waals surface area (Å²) in [5.74, 6) is 144. The molecule has 1 heterocycles. The summed E-state index contributed by atoms with van der Waals surface area (Å²) >= 11 is 0. The summed E-state index contributed by atoms with van der Waals surface area (Å²) < 4.78 is 58.3. The SMILES string of the molecule is CC#CC#CC#CC#CC#CC#CC#CC#CC#CC#CC#CC#CC#CC#CC#CC#CC#CC#CC#CC#CC#CC#CC#CC#CC#CC#CC#CC#CC#CC.Fc1cccc(F)c1C1N(c2ccccc2)CC2c3cc4c5c6c3C3=C7C8=C9C%10C%11=C%12C(=CC%11=CC%11=CC%13=CC21C3C%13=C8C%11%10)Cc1cc(c5c2c1C%12C9c2c67)C4.O=C(O)CNc1ccccc1.O=Cc1c(F)cccc1F. The normalized spacial score (nSPS) is 17.2. The molecule has 0 bridgehead atoms. The van der Waals surface area contributed by atoms with E-state index in [1.807, 2.05) is 30.3 Å². The fourth-order valence-electron chi connectivity index (χ4n) is 20.4. The van der Waals surface area contributed by atoms with Crippen molar-refractivity contribution in [1.82, 2.24) is 0 Å². The number of carboxylic acid groups (broad SMARTS) is 1. The Labute approximate surface area is 791 Å². The number of anilines is 2. The van der Waals surface area contributed by atoms with Crippen LogP contribution in [0.3, 0.4) is 0 Å². The van der Waals surface area contributed by atoms with Crippen molar-refractivity contribution in [2.24, 2.45) is 23.2 Å². The Balaban J connectivity index is 0.000000150. The predicted molar refractivity (Wildman–Crippen MR) is 523 cm³/mol. The fourth-order valence-corrected chi connectivity index (χ4v) is 20.4. The Hall–Kier alpha value is -21.3. The van der Waals surface area contributed by atoms with Gasteiger partial charge in [-0.15, -0.1) is 0 Å². The number of nitrogens with one attached hydrogen (secondary N) is 1. The van der Waals surface area contributed by atoms with Crippen molar-refractivity contribution >= 4 is 56.3 Å². The Kier molecular flexibility index (Phi) is 24.9. The third-order valence-corrected chi connectivity index (χ3v) is 24.2. The van der Waals surface area contributed by atoms with Crippen LogP contribution in [0.5, 0.6) is 0 Å². The maximum absolute atomic E-state index is 16.8. The summed E-state index contributed by atoms with van der Waals surface area (Å²) in [5.41, 5.74) is 32.1. The van der Waals surface area contributed by atoms with E-state index in [1.54, 1.807) is 103 Å². The molecule has 2 N–H and O–H groups in total. The van der Waals surface area contributed by atoms with E-state index in [0.717, 1.165) is 36.3 Å². The van der Waals surface area contributed by atoms with Crippen LogP contribution in [0.1, 0.15) is 98.1 Å². The number of carbonyl (C=O) groups is 2. The zero-order chi connectivity index (χ0) is 94.0. The van der Waals surface area contributed by atoms with Gasteiger partial charge in [0.2, 0.25) is 0 Å². The highest BCUT2D eigenvalue weighted by molar-refractivity contribution is 6.32. The third-order valence-electron chi connectivity index (χ3n) is 24.2. The van der Waals surface area contributed by atoms with Crippen LogP contribution in [0, 0.1) is 390 Å². The molecule has 0 radical (unpaired) electrons. The maximum Gasteiger partial charge on any atom is 0.322 e. The van der Waals surface area contributed by atoms with Gasteiger partial charge in [-0.3, -0.25) is 9.59 Å². The van der Waals surface area contributed by atoms with Gasteiger partial charge in [0.05, 0.1) is 11.6 Å². The van der Waals surface area contributed by atoms with E-state index in [1.165, 1.54) is 68.3 Å². The number of hydrogen-bond acceptors (Lipinski definition) is 4. The van der Waals surface area contributed by atoms with Crippen LogP contribution in [0.15, 0.2) is 189 Å². The summed E-state index contributed by atoms with van der Waals surface area (Å²) in [6.45, 7) is 4.05. The second-order valence-electron chi connectivity index (χ2n) is 30.8. The number of aliphatic carboxylic acids is 1. The molecule has 8 unspecified atom stereocenters. The van der Waals surface area contributed by atoms with Crippen molar-refractivity contribution < 1.29 is 32.3 Å². The molecule has 0 amide bonds. The number of hydrogen-bond donors (Lipinski definition) is 2. The molecule has 1 spiro atoms. The molecule has 5 nitrogen and oxygen atoms in total. The Morgan fingerprint density at radius 3 is 1.26 bits per heavy atom. The van der Waals surface area contributed by atoms with E-state index in [-0.39, 0.29) is 30.2 Å². The molecular weight excluding hydrogens is 1690 g/mol. The second kappa shape index (κ2) is 39.5. The zero-order valence-electron chi connectivity index (χ0n) is 71.9. The van der Waals surface area contributed by atoms with E-state index in [2.05, 4.69) is 420 Å². The van der Waals surface area contributed by atoms with Crippen LogP contribution in [-0.2, 0) is 17.6 Å². The standard InChI is InChI=1S/C60H6.C53H27F2N.C8H9NO2.C7H4F2O/c1-3-5-7-9-11-13-15-17-19-21-23-25-27-29-31-33-35-37-39-41-43-45-47-49-51-53-55-57-59-60-58-56-54-52-50-48-46-44-42-40-38-36-34-32-30-28-26-24-22-20-18-16-14-12-10-8-6-4-2;54-28-7-4-8-29(55)38(28)52-53-16-24-14-22-12-19-9-18-10-21-11-20-13-23-15-26(27(53)17-56(52)25-5-2-1-3-6-25)37-43-33(23)32(20)40-34(21)39-30(18)31(19)41-35(22)42-36(24)51(53)50(37)49-47(42)45(41)44(39)46(40)48(43)49;10-8(11)6-9-7-4-2-1-3-5-7;8-6-2-1-3-7(9)5(6)4-10/h1-2H3;1-9,11-12,14-16,27,35,39,41,44,51-52H,10,13,17H2;1-5,9H,6H2,(H,10,11);1-4H. The molecule has 1 saturated heterocycles. The quantitative estimate of drug-likeness (QED) is 0.0751. The van der Waals surface area contributed by atoms with Crippen LogP contribution in [-0.4, -0.2) is 30.5 Å². The minimum atomic E-state index is -0.853. The van der Waals surface area contributed by atoms with Gasteiger partial charge in [0.25, 0.3) is 0 Å². The molecule has 0 aromatic heterocycles.